The van der Waals surface area contributed by atoms with Gasteiger partial charge in [0.05, 0.1) is 10.9 Å². The average molecular weight is 328 g/mol. The molecular formula is C16H13FN4OS. The lowest BCUT2D eigenvalue weighted by Crippen LogP contribution is -2.14. The standard InChI is InChI=1S/C16H13FN4OS/c1-11(15(22)12-7-9-13(17)10-8-12)23-16-18-19-20-21(16)14-5-3-2-4-6-14/h2-11H,1H3. The summed E-state index contributed by atoms with van der Waals surface area (Å²) in [7, 11) is 0. The van der Waals surface area contributed by atoms with Crippen LogP contribution in [0.4, 0.5) is 4.39 Å². The van der Waals surface area contributed by atoms with Crippen LogP contribution in [0.3, 0.4) is 0 Å². The second kappa shape index (κ2) is 6.70. The highest BCUT2D eigenvalue weighted by atomic mass is 32.2. The summed E-state index contributed by atoms with van der Waals surface area (Å²) in [6, 6.07) is 15.0. The van der Waals surface area contributed by atoms with Gasteiger partial charge in [0, 0.05) is 5.56 Å². The second-order valence-corrected chi connectivity index (χ2v) is 6.15. The molecule has 0 fully saturated rings. The van der Waals surface area contributed by atoms with Gasteiger partial charge in [-0.15, -0.1) is 5.10 Å². The third-order valence-corrected chi connectivity index (χ3v) is 4.25. The fourth-order valence-corrected chi connectivity index (χ4v) is 2.93. The van der Waals surface area contributed by atoms with Crippen LogP contribution in [0.25, 0.3) is 5.69 Å². The Kier molecular flexibility index (Phi) is 4.47. The number of nitrogens with zero attached hydrogens (tertiary/aromatic N) is 4. The number of para-hydroxylation sites is 1. The Morgan fingerprint density at radius 2 is 1.83 bits per heavy atom. The van der Waals surface area contributed by atoms with Crippen molar-refractivity contribution in [2.45, 2.75) is 17.3 Å². The van der Waals surface area contributed by atoms with Gasteiger partial charge in [0.1, 0.15) is 5.82 Å². The number of hydrogen-bond donors (Lipinski definition) is 0. The lowest BCUT2D eigenvalue weighted by Gasteiger charge is -2.10. The van der Waals surface area contributed by atoms with E-state index in [-0.39, 0.29) is 11.6 Å². The molecular weight excluding hydrogens is 315 g/mol. The fraction of sp³-hybridized carbons (Fsp3) is 0.125. The van der Waals surface area contributed by atoms with Crippen molar-refractivity contribution in [3.05, 3.63) is 66.0 Å². The molecule has 0 spiro atoms. The van der Waals surface area contributed by atoms with Crippen LogP contribution in [-0.4, -0.2) is 31.2 Å². The molecule has 1 aromatic heterocycles. The van der Waals surface area contributed by atoms with Crippen LogP contribution < -0.4 is 0 Å². The topological polar surface area (TPSA) is 60.7 Å². The Labute approximate surface area is 136 Å². The number of benzene rings is 2. The first kappa shape index (κ1) is 15.4. The van der Waals surface area contributed by atoms with Gasteiger partial charge in [-0.2, -0.15) is 4.68 Å². The molecule has 1 atom stereocenters. The van der Waals surface area contributed by atoms with Gasteiger partial charge in [-0.25, -0.2) is 4.39 Å². The normalized spacial score (nSPS) is 12.1. The van der Waals surface area contributed by atoms with E-state index in [0.717, 1.165) is 5.69 Å². The first-order valence-electron chi connectivity index (χ1n) is 6.95. The number of carbonyl (C=O) groups is 1. The number of tetrazole rings is 1. The van der Waals surface area contributed by atoms with Crippen molar-refractivity contribution in [3.8, 4) is 5.69 Å². The number of ketones is 1. The minimum atomic E-state index is -0.395. The van der Waals surface area contributed by atoms with Crippen molar-refractivity contribution < 1.29 is 9.18 Å². The fourth-order valence-electron chi connectivity index (χ4n) is 2.04. The lowest BCUT2D eigenvalue weighted by molar-refractivity contribution is 0.0994. The minimum absolute atomic E-state index is 0.0994. The molecule has 23 heavy (non-hydrogen) atoms. The summed E-state index contributed by atoms with van der Waals surface area (Å²) in [6.07, 6.45) is 0. The molecule has 0 saturated heterocycles. The molecule has 0 aliphatic rings. The Hall–Kier alpha value is -2.54. The summed E-state index contributed by atoms with van der Waals surface area (Å²) in [6.45, 7) is 1.78. The third kappa shape index (κ3) is 3.45. The molecule has 3 aromatic rings. The maximum absolute atomic E-state index is 13.0. The van der Waals surface area contributed by atoms with Gasteiger partial charge >= 0.3 is 0 Å². The van der Waals surface area contributed by atoms with Gasteiger partial charge in [-0.05, 0) is 53.7 Å². The Bertz CT molecular complexity index is 804. The number of thioether (sulfide) groups is 1. The summed E-state index contributed by atoms with van der Waals surface area (Å²) in [5, 5.41) is 11.7. The van der Waals surface area contributed by atoms with Crippen LogP contribution in [0.1, 0.15) is 17.3 Å². The van der Waals surface area contributed by atoms with Gasteiger partial charge in [0.2, 0.25) is 5.16 Å². The van der Waals surface area contributed by atoms with E-state index in [1.54, 1.807) is 11.6 Å². The van der Waals surface area contributed by atoms with Gasteiger partial charge in [-0.1, -0.05) is 30.0 Å². The van der Waals surface area contributed by atoms with E-state index in [0.29, 0.717) is 10.7 Å². The highest BCUT2D eigenvalue weighted by Crippen LogP contribution is 2.25. The highest BCUT2D eigenvalue weighted by Gasteiger charge is 2.20. The number of aromatic nitrogens is 4. The minimum Gasteiger partial charge on any atom is -0.293 e. The predicted molar refractivity (Wildman–Crippen MR) is 85.2 cm³/mol. The van der Waals surface area contributed by atoms with E-state index < -0.39 is 5.25 Å². The molecule has 0 amide bonds. The van der Waals surface area contributed by atoms with E-state index in [9.17, 15) is 9.18 Å². The summed E-state index contributed by atoms with van der Waals surface area (Å²) < 4.78 is 14.5. The number of rotatable bonds is 5. The van der Waals surface area contributed by atoms with Crippen molar-refractivity contribution >= 4 is 17.5 Å². The summed E-state index contributed by atoms with van der Waals surface area (Å²) in [5.41, 5.74) is 1.28. The molecule has 0 bridgehead atoms. The average Bonchev–Trinajstić information content (AvgIpc) is 3.04. The molecule has 116 valence electrons. The molecule has 2 aromatic carbocycles. The number of Topliss-reactive ketones (excluding diaryl/α,β-unsaturated/α-hetero) is 1. The lowest BCUT2D eigenvalue weighted by atomic mass is 10.1. The zero-order valence-electron chi connectivity index (χ0n) is 12.3. The number of hydrogen-bond acceptors (Lipinski definition) is 5. The van der Waals surface area contributed by atoms with Crippen LogP contribution in [0.5, 0.6) is 0 Å². The molecule has 0 N–H and O–H groups in total. The second-order valence-electron chi connectivity index (χ2n) is 4.84. The van der Waals surface area contributed by atoms with E-state index >= 15 is 0 Å². The summed E-state index contributed by atoms with van der Waals surface area (Å²) in [4.78, 5) is 12.4. The number of carbonyl (C=O) groups excluding carboxylic acids is 1. The van der Waals surface area contributed by atoms with E-state index in [1.165, 1.54) is 36.0 Å². The van der Waals surface area contributed by atoms with Crippen LogP contribution in [0, 0.1) is 5.82 Å². The Morgan fingerprint density at radius 1 is 1.13 bits per heavy atom. The Balaban J connectivity index is 1.79. The van der Waals surface area contributed by atoms with Crippen molar-refractivity contribution in [1.29, 1.82) is 0 Å². The first-order chi connectivity index (χ1) is 11.1. The molecule has 0 aliphatic carbocycles. The van der Waals surface area contributed by atoms with Crippen LogP contribution in [0.2, 0.25) is 0 Å². The molecule has 7 heteroatoms. The zero-order valence-corrected chi connectivity index (χ0v) is 13.1. The molecule has 1 heterocycles. The van der Waals surface area contributed by atoms with Gasteiger partial charge < -0.3 is 0 Å². The summed E-state index contributed by atoms with van der Waals surface area (Å²) >= 11 is 1.26. The Morgan fingerprint density at radius 3 is 2.52 bits per heavy atom. The smallest absolute Gasteiger partial charge is 0.214 e. The maximum atomic E-state index is 13.0. The van der Waals surface area contributed by atoms with Gasteiger partial charge in [0.15, 0.2) is 5.78 Å². The molecule has 0 radical (unpaired) electrons. The van der Waals surface area contributed by atoms with Crippen molar-refractivity contribution in [1.82, 2.24) is 20.2 Å². The van der Waals surface area contributed by atoms with Crippen molar-refractivity contribution in [2.24, 2.45) is 0 Å². The third-order valence-electron chi connectivity index (χ3n) is 3.22. The molecule has 3 rings (SSSR count). The van der Waals surface area contributed by atoms with Crippen molar-refractivity contribution in [2.75, 3.05) is 0 Å². The van der Waals surface area contributed by atoms with Gasteiger partial charge in [0.25, 0.3) is 0 Å². The quantitative estimate of drug-likeness (QED) is 0.532. The number of halogens is 1. The maximum Gasteiger partial charge on any atom is 0.214 e. The zero-order chi connectivity index (χ0) is 16.2. The molecule has 0 aliphatic heterocycles. The SMILES string of the molecule is CC(Sc1nnnn1-c1ccccc1)C(=O)c1ccc(F)cc1. The van der Waals surface area contributed by atoms with Gasteiger partial charge in [-0.3, -0.25) is 4.79 Å². The molecule has 5 nitrogen and oxygen atoms in total. The largest absolute Gasteiger partial charge is 0.293 e. The van der Waals surface area contributed by atoms with Crippen LogP contribution in [0.15, 0.2) is 59.8 Å². The first-order valence-corrected chi connectivity index (χ1v) is 7.83. The predicted octanol–water partition coefficient (Wildman–Crippen LogP) is 3.16. The van der Waals surface area contributed by atoms with E-state index in [2.05, 4.69) is 15.5 Å². The van der Waals surface area contributed by atoms with E-state index in [1.807, 2.05) is 30.3 Å². The monoisotopic (exact) mass is 328 g/mol. The molecule has 1 unspecified atom stereocenters. The molecule has 0 saturated carbocycles. The van der Waals surface area contributed by atoms with Crippen LogP contribution in [-0.2, 0) is 0 Å². The van der Waals surface area contributed by atoms with Crippen LogP contribution >= 0.6 is 11.8 Å². The van der Waals surface area contributed by atoms with Crippen molar-refractivity contribution in [3.63, 3.8) is 0 Å². The summed E-state index contributed by atoms with van der Waals surface area (Å²) in [5.74, 6) is -0.465. The highest BCUT2D eigenvalue weighted by molar-refractivity contribution is 8.00. The van der Waals surface area contributed by atoms with E-state index in [4.69, 9.17) is 0 Å².